The third-order valence-electron chi connectivity index (χ3n) is 4.22. The molecule has 0 radical (unpaired) electrons. The monoisotopic (exact) mass is 362 g/mol. The number of likely N-dealkylation sites (tertiary alicyclic amines) is 2. The second-order valence-corrected chi connectivity index (χ2v) is 10.9. The van der Waals surface area contributed by atoms with Gasteiger partial charge < -0.3 is 9.80 Å². The van der Waals surface area contributed by atoms with Gasteiger partial charge in [0.15, 0.2) is 0 Å². The molecule has 114 valence electrons. The van der Waals surface area contributed by atoms with Crippen LogP contribution in [0.5, 0.6) is 0 Å². The maximum Gasteiger partial charge on any atom is 0.0753 e. The van der Waals surface area contributed by atoms with Gasteiger partial charge in [0.25, 0.3) is 0 Å². The fourth-order valence-corrected chi connectivity index (χ4v) is 9.79. The van der Waals surface area contributed by atoms with Crippen molar-refractivity contribution in [1.82, 2.24) is 9.80 Å². The number of hydrogen-bond acceptors (Lipinski definition) is 5. The molecule has 0 bridgehead atoms. The summed E-state index contributed by atoms with van der Waals surface area (Å²) in [5.41, 5.74) is 0. The minimum absolute atomic E-state index is 0. The molecule has 2 spiro atoms. The maximum atomic E-state index is 2.48. The first-order valence-corrected chi connectivity index (χ1v) is 9.52. The molecule has 2 nitrogen and oxygen atoms in total. The number of hydrogen-bond donors (Lipinski definition) is 0. The Hall–Kier alpha value is 1.55. The first-order valence-electron chi connectivity index (χ1n) is 6.56. The third-order valence-corrected chi connectivity index (χ3v) is 11.1. The normalized spacial score (nSPS) is 30.0. The Morgan fingerprint density at radius 2 is 1.00 bits per heavy atom. The zero-order chi connectivity index (χ0) is 11.9. The van der Waals surface area contributed by atoms with Crippen molar-refractivity contribution in [2.24, 2.45) is 0 Å². The van der Waals surface area contributed by atoms with Gasteiger partial charge in [-0.15, -0.1) is 36.6 Å². The summed E-state index contributed by atoms with van der Waals surface area (Å²) in [5.74, 6) is 0. The maximum absolute atomic E-state index is 2.48. The summed E-state index contributed by atoms with van der Waals surface area (Å²) in [5, 5.41) is 0. The highest BCUT2D eigenvalue weighted by Gasteiger charge is 2.52. The van der Waals surface area contributed by atoms with Crippen molar-refractivity contribution in [2.75, 3.05) is 40.3 Å². The lowest BCUT2D eigenvalue weighted by Gasteiger charge is -2.40. The van der Waals surface area contributed by atoms with E-state index >= 15 is 0 Å². The molecule has 3 fully saturated rings. The van der Waals surface area contributed by atoms with E-state index < -0.39 is 0 Å². The zero-order valence-electron chi connectivity index (χ0n) is 11.6. The summed E-state index contributed by atoms with van der Waals surface area (Å²) >= 11 is 2.33. The van der Waals surface area contributed by atoms with Crippen LogP contribution in [0.2, 0.25) is 0 Å². The van der Waals surface area contributed by atoms with Gasteiger partial charge in [-0.3, -0.25) is 0 Å². The van der Waals surface area contributed by atoms with Gasteiger partial charge in [0.05, 0.1) is 8.16 Å². The van der Waals surface area contributed by atoms with E-state index in [-0.39, 0.29) is 24.8 Å². The second-order valence-electron chi connectivity index (χ2n) is 5.70. The first-order chi connectivity index (χ1) is 8.12. The van der Waals surface area contributed by atoms with Crippen LogP contribution in [0.15, 0.2) is 0 Å². The van der Waals surface area contributed by atoms with Crippen molar-refractivity contribution < 1.29 is 0 Å². The molecule has 0 amide bonds. The molecule has 0 unspecified atom stereocenters. The topological polar surface area (TPSA) is 6.48 Å². The summed E-state index contributed by atoms with van der Waals surface area (Å²) in [4.78, 5) is 4.97. The zero-order valence-corrected chi connectivity index (χ0v) is 15.7. The molecule has 0 aromatic rings. The molecule has 3 saturated heterocycles. The molecule has 7 heteroatoms. The molecular weight excluding hydrogens is 339 g/mol. The van der Waals surface area contributed by atoms with Crippen molar-refractivity contribution in [2.45, 2.75) is 33.8 Å². The third kappa shape index (κ3) is 4.05. The average Bonchev–Trinajstić information content (AvgIpc) is 2.68. The van der Waals surface area contributed by atoms with Crippen LogP contribution in [0.25, 0.3) is 0 Å². The van der Waals surface area contributed by atoms with Gasteiger partial charge >= 0.3 is 0 Å². The largest absolute Gasteiger partial charge is 0.306 e. The SMILES string of the molecule is CN1CCC2(CC1)SSC1(CCN(C)CC1)S2.Cl.Cl. The van der Waals surface area contributed by atoms with Crippen LogP contribution in [-0.4, -0.2) is 58.2 Å². The molecule has 3 aliphatic rings. The van der Waals surface area contributed by atoms with Crippen molar-refractivity contribution in [1.29, 1.82) is 0 Å². The van der Waals surface area contributed by atoms with Crippen LogP contribution in [0, 0.1) is 0 Å². The molecular formula is C12H24Cl2N2S3. The number of nitrogens with zero attached hydrogens (tertiary/aromatic N) is 2. The van der Waals surface area contributed by atoms with Crippen LogP contribution in [-0.2, 0) is 0 Å². The van der Waals surface area contributed by atoms with Gasteiger partial charge in [-0.2, -0.15) is 0 Å². The van der Waals surface area contributed by atoms with E-state index in [1.807, 2.05) is 0 Å². The standard InChI is InChI=1S/C12H22N2S3.2ClH/c1-13-7-3-11(4-8-13)15-12(17-16-11)5-9-14(2)10-6-12;;/h3-10H2,1-2H3;2*1H. The van der Waals surface area contributed by atoms with Crippen molar-refractivity contribution in [3.63, 3.8) is 0 Å². The summed E-state index contributed by atoms with van der Waals surface area (Å²) in [6, 6.07) is 0. The molecule has 19 heavy (non-hydrogen) atoms. The van der Waals surface area contributed by atoms with Crippen molar-refractivity contribution in [3.8, 4) is 0 Å². The smallest absolute Gasteiger partial charge is 0.0753 e. The highest BCUT2D eigenvalue weighted by molar-refractivity contribution is 8.83. The lowest BCUT2D eigenvalue weighted by atomic mass is 10.1. The van der Waals surface area contributed by atoms with Crippen LogP contribution in [0.3, 0.4) is 0 Å². The Kier molecular flexibility index (Phi) is 7.06. The Balaban J connectivity index is 0.000000902. The van der Waals surface area contributed by atoms with E-state index in [1.54, 1.807) is 0 Å². The molecule has 0 aromatic carbocycles. The second kappa shape index (κ2) is 7.21. The van der Waals surface area contributed by atoms with E-state index in [0.29, 0.717) is 8.16 Å². The highest BCUT2D eigenvalue weighted by Crippen LogP contribution is 2.70. The lowest BCUT2D eigenvalue weighted by Crippen LogP contribution is -2.41. The van der Waals surface area contributed by atoms with Crippen molar-refractivity contribution >= 4 is 58.2 Å². The molecule has 0 aliphatic carbocycles. The minimum Gasteiger partial charge on any atom is -0.306 e. The van der Waals surface area contributed by atoms with E-state index in [0.717, 1.165) is 0 Å². The number of piperidine rings is 2. The fourth-order valence-electron chi connectivity index (χ4n) is 2.81. The van der Waals surface area contributed by atoms with E-state index in [2.05, 4.69) is 57.2 Å². The van der Waals surface area contributed by atoms with Gasteiger partial charge in [-0.25, -0.2) is 0 Å². The summed E-state index contributed by atoms with van der Waals surface area (Å²) in [6.07, 6.45) is 5.51. The highest BCUT2D eigenvalue weighted by atomic mass is 35.5. The summed E-state index contributed by atoms with van der Waals surface area (Å²) in [6.45, 7) is 5.15. The van der Waals surface area contributed by atoms with E-state index in [1.165, 1.54) is 51.9 Å². The van der Waals surface area contributed by atoms with Gasteiger partial charge in [0.1, 0.15) is 0 Å². The van der Waals surface area contributed by atoms with Crippen molar-refractivity contribution in [3.05, 3.63) is 0 Å². The number of thioether (sulfide) groups is 1. The molecule has 0 aromatic heterocycles. The molecule has 0 atom stereocenters. The first kappa shape index (κ1) is 18.6. The predicted molar refractivity (Wildman–Crippen MR) is 96.2 cm³/mol. The fraction of sp³-hybridized carbons (Fsp3) is 1.00. The minimum atomic E-state index is 0. The van der Waals surface area contributed by atoms with E-state index in [4.69, 9.17) is 0 Å². The lowest BCUT2D eigenvalue weighted by molar-refractivity contribution is 0.265. The number of rotatable bonds is 0. The van der Waals surface area contributed by atoms with Crippen LogP contribution >= 0.6 is 58.2 Å². The molecule has 0 N–H and O–H groups in total. The van der Waals surface area contributed by atoms with Crippen LogP contribution in [0.4, 0.5) is 0 Å². The molecule has 3 heterocycles. The van der Waals surface area contributed by atoms with Crippen LogP contribution < -0.4 is 0 Å². The predicted octanol–water partition coefficient (Wildman–Crippen LogP) is 3.80. The summed E-state index contributed by atoms with van der Waals surface area (Å²) < 4.78 is 1.10. The Morgan fingerprint density at radius 3 is 1.32 bits per heavy atom. The quantitative estimate of drug-likeness (QED) is 0.602. The molecule has 0 saturated carbocycles. The molecule has 3 aliphatic heterocycles. The van der Waals surface area contributed by atoms with Gasteiger partial charge in [0.2, 0.25) is 0 Å². The van der Waals surface area contributed by atoms with Crippen LogP contribution in [0.1, 0.15) is 25.7 Å². The van der Waals surface area contributed by atoms with Gasteiger partial charge in [-0.1, -0.05) is 21.6 Å². The Bertz CT molecular complexity index is 263. The Labute approximate surface area is 141 Å². The van der Waals surface area contributed by atoms with Gasteiger partial charge in [0, 0.05) is 0 Å². The number of halogens is 2. The molecule has 3 rings (SSSR count). The van der Waals surface area contributed by atoms with E-state index in [9.17, 15) is 0 Å². The Morgan fingerprint density at radius 1 is 0.684 bits per heavy atom. The van der Waals surface area contributed by atoms with Gasteiger partial charge in [-0.05, 0) is 66.0 Å². The summed E-state index contributed by atoms with van der Waals surface area (Å²) in [7, 11) is 8.94. The average molecular weight is 363 g/mol.